The van der Waals surface area contributed by atoms with Crippen LogP contribution in [0.15, 0.2) is 114 Å². The zero-order valence-electron chi connectivity index (χ0n) is 39.7. The second-order valence-electron chi connectivity index (χ2n) is 19.0. The molecule has 68 heavy (non-hydrogen) atoms. The van der Waals surface area contributed by atoms with Gasteiger partial charge in [-0.1, -0.05) is 68.7 Å². The number of hydrogen-bond acceptors (Lipinski definition) is 11. The van der Waals surface area contributed by atoms with Gasteiger partial charge in [0.2, 0.25) is 11.6 Å². The van der Waals surface area contributed by atoms with Crippen molar-refractivity contribution < 1.29 is 53.4 Å². The van der Waals surface area contributed by atoms with Crippen molar-refractivity contribution in [1.82, 2.24) is 5.32 Å². The molecule has 0 saturated heterocycles. The van der Waals surface area contributed by atoms with E-state index in [1.165, 1.54) is 0 Å². The maximum Gasteiger partial charge on any atom is 0.251 e. The lowest BCUT2D eigenvalue weighted by molar-refractivity contribution is -0.180. The molecule has 6 aliphatic rings. The number of allylic oxidation sites excluding steroid dienone is 4. The molecule has 12 heteroatoms. The Labute approximate surface area is 400 Å². The number of ether oxygens (including phenoxy) is 5. The summed E-state index contributed by atoms with van der Waals surface area (Å²) in [5.41, 5.74) is 5.08. The first-order valence-electron chi connectivity index (χ1n) is 24.4. The maximum absolute atomic E-state index is 13.1. The highest BCUT2D eigenvalue weighted by Gasteiger charge is 2.59. The van der Waals surface area contributed by atoms with Crippen LogP contribution in [0.3, 0.4) is 0 Å². The predicted molar refractivity (Wildman–Crippen MR) is 257 cm³/mol. The molecule has 0 spiro atoms. The maximum atomic E-state index is 13.1. The topological polar surface area (TPSA) is 170 Å². The summed E-state index contributed by atoms with van der Waals surface area (Å²) in [4.78, 5) is 39.1. The van der Waals surface area contributed by atoms with Crippen LogP contribution >= 0.6 is 0 Å². The van der Waals surface area contributed by atoms with Gasteiger partial charge in [-0.25, -0.2) is 0 Å². The lowest BCUT2D eigenvalue weighted by Gasteiger charge is -2.53. The smallest absolute Gasteiger partial charge is 0.251 e. The molecular formula is C56H67NO11. The van der Waals surface area contributed by atoms with Gasteiger partial charge >= 0.3 is 0 Å². The molecule has 0 saturated carbocycles. The normalized spacial score (nSPS) is 29.0. The fraction of sp³-hybridized carbons (Fsp3) is 0.482. The Kier molecular flexibility index (Phi) is 15.5. The van der Waals surface area contributed by atoms with Crippen molar-refractivity contribution in [3.05, 3.63) is 137 Å². The number of benzene rings is 3. The fourth-order valence-corrected chi connectivity index (χ4v) is 11.9. The van der Waals surface area contributed by atoms with E-state index in [1.807, 2.05) is 60.7 Å². The van der Waals surface area contributed by atoms with E-state index in [0.717, 1.165) is 97.1 Å². The van der Waals surface area contributed by atoms with Gasteiger partial charge in [0.15, 0.2) is 11.6 Å². The van der Waals surface area contributed by atoms with Crippen LogP contribution in [0.4, 0.5) is 0 Å². The molecule has 2 heterocycles. The van der Waals surface area contributed by atoms with Gasteiger partial charge in [0, 0.05) is 74.7 Å². The summed E-state index contributed by atoms with van der Waals surface area (Å²) >= 11 is 0. The molecule has 12 nitrogen and oxygen atoms in total. The van der Waals surface area contributed by atoms with Gasteiger partial charge < -0.3 is 44.3 Å². The van der Waals surface area contributed by atoms with Gasteiger partial charge in [-0.05, 0) is 134 Å². The van der Waals surface area contributed by atoms with Crippen molar-refractivity contribution in [2.75, 3.05) is 41.2 Å². The summed E-state index contributed by atoms with van der Waals surface area (Å²) in [6.45, 7) is 3.17. The number of rotatable bonds is 18. The van der Waals surface area contributed by atoms with Crippen LogP contribution in [0, 0.1) is 35.5 Å². The number of aliphatic hydroxyl groups is 3. The molecule has 0 aromatic heterocycles. The SMILES string of the molecule is COC12C=CC(=O)C3=CC(CCCCO)C(C)C(c4cc(C(=O)NCc5ccccc5)ccc4O1)C32.COc1ccc2c(c1)C1C(CCCCO)C(CCCCO)C=C3C(=O)C=CC(OC)(O2)C31. The van der Waals surface area contributed by atoms with E-state index in [2.05, 4.69) is 24.4 Å². The minimum absolute atomic E-state index is 0.0134. The lowest BCUT2D eigenvalue weighted by Crippen LogP contribution is -2.56. The van der Waals surface area contributed by atoms with Gasteiger partial charge in [0.25, 0.3) is 5.91 Å². The number of ketones is 2. The van der Waals surface area contributed by atoms with Crippen molar-refractivity contribution in [3.63, 3.8) is 0 Å². The number of nitrogens with one attached hydrogen (secondary N) is 1. The minimum Gasteiger partial charge on any atom is -0.497 e. The number of methoxy groups -OCH3 is 3. The Morgan fingerprint density at radius 3 is 1.79 bits per heavy atom. The van der Waals surface area contributed by atoms with Crippen molar-refractivity contribution in [2.24, 2.45) is 35.5 Å². The van der Waals surface area contributed by atoms with Crippen LogP contribution in [-0.2, 0) is 25.6 Å². The summed E-state index contributed by atoms with van der Waals surface area (Å²) < 4.78 is 30.3. The highest BCUT2D eigenvalue weighted by atomic mass is 16.7. The average molecular weight is 930 g/mol. The Bertz CT molecular complexity index is 2420. The Hall–Kier alpha value is -5.37. The molecule has 3 aromatic rings. The number of carbonyl (C=O) groups excluding carboxylic acids is 3. The number of amides is 1. The molecule has 2 aliphatic heterocycles. The largest absolute Gasteiger partial charge is 0.497 e. The number of hydrogen-bond donors (Lipinski definition) is 4. The van der Waals surface area contributed by atoms with Gasteiger partial charge in [0.05, 0.1) is 18.9 Å². The highest BCUT2D eigenvalue weighted by molar-refractivity contribution is 6.07. The quantitative estimate of drug-likeness (QED) is 0.0906. The van der Waals surface area contributed by atoms with Crippen LogP contribution < -0.4 is 19.5 Å². The van der Waals surface area contributed by atoms with Crippen LogP contribution in [-0.4, -0.2) is 85.5 Å². The van der Waals surface area contributed by atoms with Crippen LogP contribution in [0.5, 0.6) is 17.2 Å². The van der Waals surface area contributed by atoms with E-state index in [1.54, 1.807) is 51.7 Å². The molecule has 0 bridgehead atoms. The number of fused-ring (bicyclic) bond motifs is 4. The van der Waals surface area contributed by atoms with Crippen LogP contribution in [0.1, 0.15) is 104 Å². The summed E-state index contributed by atoms with van der Waals surface area (Å²) in [5.74, 6) is 0.267. The first kappa shape index (κ1) is 49.1. The zero-order valence-corrected chi connectivity index (χ0v) is 39.7. The molecule has 0 fully saturated rings. The Balaban J connectivity index is 0.000000185. The number of aliphatic hydroxyl groups excluding tert-OH is 3. The van der Waals surface area contributed by atoms with Crippen molar-refractivity contribution in [1.29, 1.82) is 0 Å². The summed E-state index contributed by atoms with van der Waals surface area (Å²) in [5, 5.41) is 31.0. The number of carbonyl (C=O) groups is 3. The van der Waals surface area contributed by atoms with Crippen molar-refractivity contribution in [3.8, 4) is 17.2 Å². The van der Waals surface area contributed by atoms with E-state index >= 15 is 0 Å². The molecule has 9 rings (SSSR count). The van der Waals surface area contributed by atoms with E-state index in [-0.39, 0.29) is 84.6 Å². The molecule has 10 unspecified atom stereocenters. The summed E-state index contributed by atoms with van der Waals surface area (Å²) in [6.07, 6.45) is 18.6. The van der Waals surface area contributed by atoms with Gasteiger partial charge in [-0.15, -0.1) is 0 Å². The second kappa shape index (κ2) is 21.5. The molecule has 3 aromatic carbocycles. The second-order valence-corrected chi connectivity index (χ2v) is 19.0. The molecule has 4 aliphatic carbocycles. The van der Waals surface area contributed by atoms with Gasteiger partial charge in [-0.3, -0.25) is 14.4 Å². The number of unbranched alkanes of at least 4 members (excludes halogenated alkanes) is 3. The third-order valence-corrected chi connectivity index (χ3v) is 15.3. The van der Waals surface area contributed by atoms with E-state index < -0.39 is 11.6 Å². The van der Waals surface area contributed by atoms with Gasteiger partial charge in [-0.2, -0.15) is 0 Å². The van der Waals surface area contributed by atoms with E-state index in [0.29, 0.717) is 17.9 Å². The lowest BCUT2D eigenvalue weighted by atomic mass is 9.57. The van der Waals surface area contributed by atoms with Crippen molar-refractivity contribution in [2.45, 2.75) is 94.7 Å². The van der Waals surface area contributed by atoms with Crippen LogP contribution in [0.2, 0.25) is 0 Å². The monoisotopic (exact) mass is 929 g/mol. The molecular weight excluding hydrogens is 863 g/mol. The Morgan fingerprint density at radius 1 is 0.662 bits per heavy atom. The first-order chi connectivity index (χ1) is 33.0. The average Bonchev–Trinajstić information content (AvgIpc) is 3.37. The van der Waals surface area contributed by atoms with E-state index in [9.17, 15) is 29.7 Å². The summed E-state index contributed by atoms with van der Waals surface area (Å²) in [6, 6.07) is 21.2. The van der Waals surface area contributed by atoms with Crippen molar-refractivity contribution >= 4 is 17.5 Å². The summed E-state index contributed by atoms with van der Waals surface area (Å²) in [7, 11) is 4.90. The van der Waals surface area contributed by atoms with Gasteiger partial charge in [0.1, 0.15) is 17.2 Å². The first-order valence-corrected chi connectivity index (χ1v) is 24.4. The van der Waals surface area contributed by atoms with E-state index in [4.69, 9.17) is 23.7 Å². The standard InChI is InChI=1S/C30H33NO5.C26H34O6/c1-19-21(10-6-7-15-32)16-23-25(33)13-14-30(35-2)28(23)27(19)24-17-22(11-12-26(24)36-30)29(34)31-18-20-8-4-3-5-9-20;1-30-18-9-10-23-21(16-18)24-19(8-4-6-14-28)17(7-3-5-13-27)15-20-22(29)11-12-26(31-2,32-23)25(20)24/h3-5,8-9,11-14,16-17,19,21,27-28,32H,6-7,10,15,18H2,1-2H3,(H,31,34);9-12,15-17,19,24-25,27-28H,3-8,13-14H2,1-2H3. The fourth-order valence-electron chi connectivity index (χ4n) is 11.9. The molecule has 0 radical (unpaired) electrons. The predicted octanol–water partition coefficient (Wildman–Crippen LogP) is 8.31. The molecule has 10 atom stereocenters. The molecule has 1 amide bonds. The van der Waals surface area contributed by atoms with Crippen LogP contribution in [0.25, 0.3) is 0 Å². The third-order valence-electron chi connectivity index (χ3n) is 15.3. The molecule has 362 valence electrons. The highest BCUT2D eigenvalue weighted by Crippen LogP contribution is 2.61. The Morgan fingerprint density at radius 2 is 1.21 bits per heavy atom. The molecule has 4 N–H and O–H groups in total. The minimum atomic E-state index is -1.06. The zero-order chi connectivity index (χ0) is 48.0. The third kappa shape index (κ3) is 9.50.